The summed E-state index contributed by atoms with van der Waals surface area (Å²) in [5.74, 6) is 2.24. The summed E-state index contributed by atoms with van der Waals surface area (Å²) in [4.78, 5) is 0. The Morgan fingerprint density at radius 1 is 1.45 bits per heavy atom. The standard InChI is InChI=1S/C8H18N2S/c1-7(2)3-4-11-6-8(7,10)5-9/h3-6,9-10H2,1-2H3. The van der Waals surface area contributed by atoms with E-state index in [0.717, 1.165) is 5.75 Å². The summed E-state index contributed by atoms with van der Waals surface area (Å²) in [7, 11) is 0. The maximum atomic E-state index is 6.19. The van der Waals surface area contributed by atoms with Crippen LogP contribution in [-0.4, -0.2) is 23.6 Å². The van der Waals surface area contributed by atoms with Crippen molar-refractivity contribution in [3.63, 3.8) is 0 Å². The predicted octanol–water partition coefficient (Wildman–Crippen LogP) is 0.806. The molecule has 1 aliphatic heterocycles. The van der Waals surface area contributed by atoms with Gasteiger partial charge in [-0.2, -0.15) is 11.8 Å². The third-order valence-electron chi connectivity index (χ3n) is 2.94. The molecule has 3 heteroatoms. The highest BCUT2D eigenvalue weighted by molar-refractivity contribution is 7.99. The molecular weight excluding hydrogens is 156 g/mol. The number of hydrogen-bond donors (Lipinski definition) is 2. The Hall–Kier alpha value is 0.270. The van der Waals surface area contributed by atoms with E-state index in [1.54, 1.807) is 0 Å². The van der Waals surface area contributed by atoms with Gasteiger partial charge in [-0.15, -0.1) is 0 Å². The molecule has 1 heterocycles. The smallest absolute Gasteiger partial charge is 0.0422 e. The molecule has 0 aromatic carbocycles. The van der Waals surface area contributed by atoms with E-state index >= 15 is 0 Å². The normalized spacial score (nSPS) is 37.1. The van der Waals surface area contributed by atoms with Gasteiger partial charge in [0.25, 0.3) is 0 Å². The third-order valence-corrected chi connectivity index (χ3v) is 4.16. The number of rotatable bonds is 1. The van der Waals surface area contributed by atoms with Gasteiger partial charge < -0.3 is 11.5 Å². The van der Waals surface area contributed by atoms with Crippen LogP contribution in [0.5, 0.6) is 0 Å². The van der Waals surface area contributed by atoms with E-state index in [4.69, 9.17) is 11.5 Å². The molecule has 0 saturated carbocycles. The van der Waals surface area contributed by atoms with Crippen molar-refractivity contribution < 1.29 is 0 Å². The molecule has 1 unspecified atom stereocenters. The first-order valence-corrected chi connectivity index (χ1v) is 5.24. The van der Waals surface area contributed by atoms with Crippen LogP contribution in [0.25, 0.3) is 0 Å². The van der Waals surface area contributed by atoms with E-state index in [9.17, 15) is 0 Å². The summed E-state index contributed by atoms with van der Waals surface area (Å²) in [6.07, 6.45) is 1.19. The van der Waals surface area contributed by atoms with E-state index in [1.165, 1.54) is 12.2 Å². The van der Waals surface area contributed by atoms with E-state index in [-0.39, 0.29) is 11.0 Å². The van der Waals surface area contributed by atoms with Crippen molar-refractivity contribution in [1.82, 2.24) is 0 Å². The van der Waals surface area contributed by atoms with Gasteiger partial charge in [0.15, 0.2) is 0 Å². The second-order valence-corrected chi connectivity index (χ2v) is 5.15. The molecule has 0 aromatic rings. The summed E-state index contributed by atoms with van der Waals surface area (Å²) in [6, 6.07) is 0. The molecule has 0 aliphatic carbocycles. The first-order valence-electron chi connectivity index (χ1n) is 4.08. The van der Waals surface area contributed by atoms with Gasteiger partial charge >= 0.3 is 0 Å². The number of hydrogen-bond acceptors (Lipinski definition) is 3. The van der Waals surface area contributed by atoms with Crippen LogP contribution in [0.15, 0.2) is 0 Å². The SMILES string of the molecule is CC1(C)CCSCC1(N)CN. The van der Waals surface area contributed by atoms with Gasteiger partial charge in [-0.25, -0.2) is 0 Å². The molecule has 0 radical (unpaired) electrons. The first-order chi connectivity index (χ1) is 5.02. The molecule has 0 spiro atoms. The van der Waals surface area contributed by atoms with Gasteiger partial charge in [0.05, 0.1) is 0 Å². The molecule has 1 saturated heterocycles. The van der Waals surface area contributed by atoms with Crippen molar-refractivity contribution in [3.8, 4) is 0 Å². The Bertz CT molecular complexity index is 147. The van der Waals surface area contributed by atoms with Crippen molar-refractivity contribution in [2.24, 2.45) is 16.9 Å². The Morgan fingerprint density at radius 2 is 2.09 bits per heavy atom. The molecule has 1 rings (SSSR count). The topological polar surface area (TPSA) is 52.0 Å². The third kappa shape index (κ3) is 1.55. The van der Waals surface area contributed by atoms with E-state index in [2.05, 4.69) is 13.8 Å². The highest BCUT2D eigenvalue weighted by Crippen LogP contribution is 2.39. The van der Waals surface area contributed by atoms with Gasteiger partial charge in [-0.3, -0.25) is 0 Å². The van der Waals surface area contributed by atoms with Gasteiger partial charge in [-0.1, -0.05) is 13.8 Å². The average Bonchev–Trinajstić information content (AvgIpc) is 1.95. The maximum absolute atomic E-state index is 6.19. The van der Waals surface area contributed by atoms with Crippen LogP contribution >= 0.6 is 11.8 Å². The zero-order valence-electron chi connectivity index (χ0n) is 7.39. The molecule has 0 bridgehead atoms. The fourth-order valence-electron chi connectivity index (χ4n) is 1.36. The van der Waals surface area contributed by atoms with Crippen LogP contribution in [0.3, 0.4) is 0 Å². The molecule has 1 atom stereocenters. The first kappa shape index (κ1) is 9.36. The fourth-order valence-corrected chi connectivity index (χ4v) is 3.03. The van der Waals surface area contributed by atoms with Crippen LogP contribution in [0.4, 0.5) is 0 Å². The number of thioether (sulfide) groups is 1. The zero-order chi connectivity index (χ0) is 8.54. The van der Waals surface area contributed by atoms with Crippen molar-refractivity contribution in [3.05, 3.63) is 0 Å². The molecule has 0 amide bonds. The van der Waals surface area contributed by atoms with Gasteiger partial charge in [0.2, 0.25) is 0 Å². The lowest BCUT2D eigenvalue weighted by atomic mass is 9.71. The van der Waals surface area contributed by atoms with Crippen molar-refractivity contribution in [2.75, 3.05) is 18.1 Å². The molecular formula is C8H18N2S. The summed E-state index contributed by atoms with van der Waals surface area (Å²) in [5.41, 5.74) is 11.9. The van der Waals surface area contributed by atoms with Gasteiger partial charge in [0.1, 0.15) is 0 Å². The minimum atomic E-state index is -0.143. The lowest BCUT2D eigenvalue weighted by Crippen LogP contribution is -2.61. The van der Waals surface area contributed by atoms with E-state index in [0.29, 0.717) is 6.54 Å². The highest BCUT2D eigenvalue weighted by Gasteiger charge is 2.42. The lowest BCUT2D eigenvalue weighted by Gasteiger charge is -2.46. The minimum absolute atomic E-state index is 0.143. The van der Waals surface area contributed by atoms with Crippen LogP contribution in [0, 0.1) is 5.41 Å². The van der Waals surface area contributed by atoms with Crippen molar-refractivity contribution in [1.29, 1.82) is 0 Å². The minimum Gasteiger partial charge on any atom is -0.329 e. The summed E-state index contributed by atoms with van der Waals surface area (Å²) >= 11 is 1.92. The van der Waals surface area contributed by atoms with Crippen LogP contribution in [0.2, 0.25) is 0 Å². The summed E-state index contributed by atoms with van der Waals surface area (Å²) in [5, 5.41) is 0. The Labute approximate surface area is 73.1 Å². The largest absolute Gasteiger partial charge is 0.329 e. The van der Waals surface area contributed by atoms with Gasteiger partial charge in [0, 0.05) is 17.8 Å². The van der Waals surface area contributed by atoms with Crippen LogP contribution in [-0.2, 0) is 0 Å². The van der Waals surface area contributed by atoms with Gasteiger partial charge in [-0.05, 0) is 17.6 Å². The lowest BCUT2D eigenvalue weighted by molar-refractivity contribution is 0.182. The molecule has 1 aliphatic rings. The van der Waals surface area contributed by atoms with E-state index in [1.807, 2.05) is 11.8 Å². The summed E-state index contributed by atoms with van der Waals surface area (Å²) in [6.45, 7) is 5.05. The van der Waals surface area contributed by atoms with Crippen molar-refractivity contribution >= 4 is 11.8 Å². The molecule has 4 N–H and O–H groups in total. The molecule has 2 nitrogen and oxygen atoms in total. The monoisotopic (exact) mass is 174 g/mol. The van der Waals surface area contributed by atoms with E-state index < -0.39 is 0 Å². The average molecular weight is 174 g/mol. The molecule has 66 valence electrons. The Kier molecular flexibility index (Phi) is 2.52. The Balaban J connectivity index is 2.74. The Morgan fingerprint density at radius 3 is 2.45 bits per heavy atom. The second kappa shape index (κ2) is 2.96. The quantitative estimate of drug-likeness (QED) is 0.618. The molecule has 1 fully saturated rings. The predicted molar refractivity (Wildman–Crippen MR) is 51.7 cm³/mol. The maximum Gasteiger partial charge on any atom is 0.0422 e. The second-order valence-electron chi connectivity index (χ2n) is 4.05. The van der Waals surface area contributed by atoms with Crippen molar-refractivity contribution in [2.45, 2.75) is 25.8 Å². The zero-order valence-corrected chi connectivity index (χ0v) is 8.21. The van der Waals surface area contributed by atoms with Crippen LogP contribution in [0.1, 0.15) is 20.3 Å². The fraction of sp³-hybridized carbons (Fsp3) is 1.00. The molecule has 0 aromatic heterocycles. The van der Waals surface area contributed by atoms with Crippen LogP contribution < -0.4 is 11.5 Å². The highest BCUT2D eigenvalue weighted by atomic mass is 32.2. The molecule has 11 heavy (non-hydrogen) atoms. The summed E-state index contributed by atoms with van der Waals surface area (Å²) < 4.78 is 0. The number of nitrogens with two attached hydrogens (primary N) is 2.